The number of amides is 1. The zero-order valence-electron chi connectivity index (χ0n) is 12.1. The van der Waals surface area contributed by atoms with Crippen molar-refractivity contribution in [3.8, 4) is 0 Å². The van der Waals surface area contributed by atoms with Crippen LogP contribution in [0.15, 0.2) is 0 Å². The van der Waals surface area contributed by atoms with E-state index in [0.717, 1.165) is 19.3 Å². The number of fused-ring (bicyclic) bond motifs is 5. The standard InChI is InChI=1S/C15H21NO4/c1-4-15(2,3)14(19)16-9-6-7-5-8(9)11-10(7)12(17)20-13(11)18/h7-11H,4-6H2,1-3H3,(H,16,19). The second kappa shape index (κ2) is 4.30. The maximum Gasteiger partial charge on any atom is 0.317 e. The predicted molar refractivity (Wildman–Crippen MR) is 70.3 cm³/mol. The van der Waals surface area contributed by atoms with Gasteiger partial charge >= 0.3 is 11.9 Å². The highest BCUT2D eigenvalue weighted by Gasteiger charge is 2.63. The number of esters is 2. The fourth-order valence-corrected chi connectivity index (χ4v) is 3.95. The van der Waals surface area contributed by atoms with Gasteiger partial charge in [0.15, 0.2) is 0 Å². The third-order valence-electron chi connectivity index (χ3n) is 5.57. The first-order chi connectivity index (χ1) is 9.35. The molecule has 1 N–H and O–H groups in total. The third-order valence-corrected chi connectivity index (χ3v) is 5.57. The molecule has 5 heteroatoms. The van der Waals surface area contributed by atoms with Crippen molar-refractivity contribution in [2.24, 2.45) is 29.1 Å². The number of hydrogen-bond donors (Lipinski definition) is 1. The molecule has 1 saturated heterocycles. The lowest BCUT2D eigenvalue weighted by Crippen LogP contribution is -2.48. The van der Waals surface area contributed by atoms with Gasteiger partial charge in [-0.3, -0.25) is 14.4 Å². The summed E-state index contributed by atoms with van der Waals surface area (Å²) in [6.07, 6.45) is 2.42. The number of hydrogen-bond acceptors (Lipinski definition) is 4. The van der Waals surface area contributed by atoms with E-state index >= 15 is 0 Å². The molecule has 5 nitrogen and oxygen atoms in total. The van der Waals surface area contributed by atoms with Crippen molar-refractivity contribution in [1.29, 1.82) is 0 Å². The van der Waals surface area contributed by atoms with Crippen LogP contribution in [0.5, 0.6) is 0 Å². The van der Waals surface area contributed by atoms with Gasteiger partial charge in [-0.2, -0.15) is 0 Å². The first-order valence-electron chi connectivity index (χ1n) is 7.41. The summed E-state index contributed by atoms with van der Waals surface area (Å²) in [5.41, 5.74) is -0.396. The summed E-state index contributed by atoms with van der Waals surface area (Å²) < 4.78 is 4.76. The van der Waals surface area contributed by atoms with Crippen LogP contribution < -0.4 is 5.32 Å². The number of rotatable bonds is 3. The lowest BCUT2D eigenvalue weighted by atomic mass is 9.78. The van der Waals surface area contributed by atoms with Crippen LogP contribution in [0.1, 0.15) is 40.0 Å². The molecule has 0 aromatic carbocycles. The van der Waals surface area contributed by atoms with Crippen LogP contribution in [0.25, 0.3) is 0 Å². The molecule has 5 atom stereocenters. The minimum Gasteiger partial charge on any atom is -0.393 e. The molecule has 1 aliphatic heterocycles. The molecule has 3 aliphatic rings. The number of ether oxygens (including phenoxy) is 1. The van der Waals surface area contributed by atoms with Crippen LogP contribution in [-0.4, -0.2) is 23.9 Å². The van der Waals surface area contributed by atoms with Crippen LogP contribution in [0.3, 0.4) is 0 Å². The topological polar surface area (TPSA) is 72.5 Å². The van der Waals surface area contributed by atoms with E-state index in [0.29, 0.717) is 0 Å². The van der Waals surface area contributed by atoms with Crippen molar-refractivity contribution in [3.05, 3.63) is 0 Å². The van der Waals surface area contributed by atoms with E-state index in [1.54, 1.807) is 0 Å². The van der Waals surface area contributed by atoms with E-state index in [4.69, 9.17) is 4.74 Å². The Labute approximate surface area is 118 Å². The molecule has 0 spiro atoms. The van der Waals surface area contributed by atoms with Gasteiger partial charge in [0.25, 0.3) is 0 Å². The SMILES string of the molecule is CCC(C)(C)C(=O)NC1CC2CC1C1C(=O)OC(=O)C21. The van der Waals surface area contributed by atoms with Gasteiger partial charge < -0.3 is 10.1 Å². The van der Waals surface area contributed by atoms with Gasteiger partial charge in [0.05, 0.1) is 11.8 Å². The third kappa shape index (κ3) is 1.79. The molecule has 0 aromatic rings. The Hall–Kier alpha value is -1.39. The van der Waals surface area contributed by atoms with Crippen molar-refractivity contribution in [2.45, 2.75) is 46.1 Å². The summed E-state index contributed by atoms with van der Waals surface area (Å²) in [5.74, 6) is -1.02. The Morgan fingerprint density at radius 1 is 1.25 bits per heavy atom. The number of carbonyl (C=O) groups excluding carboxylic acids is 3. The van der Waals surface area contributed by atoms with Gasteiger partial charge in [-0.05, 0) is 31.1 Å². The Morgan fingerprint density at radius 3 is 2.55 bits per heavy atom. The second-order valence-electron chi connectivity index (χ2n) is 7.00. The molecule has 5 unspecified atom stereocenters. The Balaban J connectivity index is 1.73. The van der Waals surface area contributed by atoms with Crippen molar-refractivity contribution < 1.29 is 19.1 Å². The van der Waals surface area contributed by atoms with Crippen molar-refractivity contribution in [3.63, 3.8) is 0 Å². The Bertz CT molecular complexity index is 484. The van der Waals surface area contributed by atoms with Crippen LogP contribution in [0, 0.1) is 29.1 Å². The summed E-state index contributed by atoms with van der Waals surface area (Å²) >= 11 is 0. The van der Waals surface area contributed by atoms with Gasteiger partial charge in [0.2, 0.25) is 5.91 Å². The van der Waals surface area contributed by atoms with E-state index in [1.807, 2.05) is 20.8 Å². The normalized spacial score (nSPS) is 38.9. The van der Waals surface area contributed by atoms with Crippen LogP contribution in [0.4, 0.5) is 0 Å². The molecule has 20 heavy (non-hydrogen) atoms. The van der Waals surface area contributed by atoms with Crippen LogP contribution >= 0.6 is 0 Å². The monoisotopic (exact) mass is 279 g/mol. The molecule has 2 bridgehead atoms. The minimum atomic E-state index is -0.396. The largest absolute Gasteiger partial charge is 0.393 e. The van der Waals surface area contributed by atoms with Gasteiger partial charge in [-0.25, -0.2) is 0 Å². The molecule has 0 radical (unpaired) electrons. The first-order valence-corrected chi connectivity index (χ1v) is 7.41. The lowest BCUT2D eigenvalue weighted by Gasteiger charge is -2.31. The quantitative estimate of drug-likeness (QED) is 0.623. The zero-order valence-corrected chi connectivity index (χ0v) is 12.1. The predicted octanol–water partition coefficient (Wildman–Crippen LogP) is 1.26. The van der Waals surface area contributed by atoms with Gasteiger partial charge in [-0.1, -0.05) is 20.8 Å². The maximum absolute atomic E-state index is 12.3. The molecular weight excluding hydrogens is 258 g/mol. The lowest BCUT2D eigenvalue weighted by molar-refractivity contribution is -0.154. The van der Waals surface area contributed by atoms with Gasteiger partial charge in [0, 0.05) is 11.5 Å². The number of cyclic esters (lactones) is 2. The highest BCUT2D eigenvalue weighted by Crippen LogP contribution is 2.55. The highest BCUT2D eigenvalue weighted by molar-refractivity contribution is 5.97. The van der Waals surface area contributed by atoms with Crippen LogP contribution in [0.2, 0.25) is 0 Å². The maximum atomic E-state index is 12.3. The number of nitrogens with one attached hydrogen (secondary N) is 1. The molecular formula is C15H21NO4. The fourth-order valence-electron chi connectivity index (χ4n) is 3.95. The zero-order chi connectivity index (χ0) is 14.7. The van der Waals surface area contributed by atoms with Crippen molar-refractivity contribution >= 4 is 17.8 Å². The van der Waals surface area contributed by atoms with Crippen LogP contribution in [-0.2, 0) is 19.1 Å². The molecule has 3 rings (SSSR count). The van der Waals surface area contributed by atoms with Crippen molar-refractivity contribution in [2.75, 3.05) is 0 Å². The number of carbonyl (C=O) groups is 3. The Morgan fingerprint density at radius 2 is 1.90 bits per heavy atom. The molecule has 110 valence electrons. The highest BCUT2D eigenvalue weighted by atomic mass is 16.6. The summed E-state index contributed by atoms with van der Waals surface area (Å²) in [7, 11) is 0. The summed E-state index contributed by atoms with van der Waals surface area (Å²) in [6.45, 7) is 5.83. The molecule has 2 saturated carbocycles. The first kappa shape index (κ1) is 13.6. The average Bonchev–Trinajstić information content (AvgIpc) is 3.02. The van der Waals surface area contributed by atoms with E-state index in [1.165, 1.54) is 0 Å². The molecule has 0 aromatic heterocycles. The second-order valence-corrected chi connectivity index (χ2v) is 7.00. The average molecular weight is 279 g/mol. The summed E-state index contributed by atoms with van der Waals surface area (Å²) in [6, 6.07) is 0.0121. The van der Waals surface area contributed by atoms with Gasteiger partial charge in [0.1, 0.15) is 0 Å². The van der Waals surface area contributed by atoms with Gasteiger partial charge in [-0.15, -0.1) is 0 Å². The summed E-state index contributed by atoms with van der Waals surface area (Å²) in [4.78, 5) is 35.7. The fraction of sp³-hybridized carbons (Fsp3) is 0.800. The van der Waals surface area contributed by atoms with E-state index in [-0.39, 0.29) is 47.6 Å². The van der Waals surface area contributed by atoms with Crippen molar-refractivity contribution in [1.82, 2.24) is 5.32 Å². The molecule has 1 heterocycles. The smallest absolute Gasteiger partial charge is 0.317 e. The van der Waals surface area contributed by atoms with E-state index < -0.39 is 5.41 Å². The molecule has 2 aliphatic carbocycles. The van der Waals surface area contributed by atoms with E-state index in [9.17, 15) is 14.4 Å². The Kier molecular flexibility index (Phi) is 2.92. The van der Waals surface area contributed by atoms with E-state index in [2.05, 4.69) is 5.32 Å². The summed E-state index contributed by atoms with van der Waals surface area (Å²) in [5, 5.41) is 3.09. The molecule has 1 amide bonds. The molecule has 3 fully saturated rings. The minimum absolute atomic E-state index is 0.0121.